The summed E-state index contributed by atoms with van der Waals surface area (Å²) < 4.78 is 9.68. The number of pyridine rings is 1. The van der Waals surface area contributed by atoms with Crippen LogP contribution in [0.5, 0.6) is 5.88 Å². The molecule has 3 amide bonds. The summed E-state index contributed by atoms with van der Waals surface area (Å²) in [4.78, 5) is 56.4. The highest BCUT2D eigenvalue weighted by Gasteiger charge is 2.34. The lowest BCUT2D eigenvalue weighted by molar-refractivity contribution is -0.131. The van der Waals surface area contributed by atoms with E-state index >= 15 is 9.59 Å². The summed E-state index contributed by atoms with van der Waals surface area (Å²) in [5, 5.41) is 9.91. The van der Waals surface area contributed by atoms with E-state index in [1.54, 1.807) is 21.7 Å². The first-order valence-corrected chi connectivity index (χ1v) is 22.6. The quantitative estimate of drug-likeness (QED) is 0.122. The number of rotatable bonds is 12. The predicted molar refractivity (Wildman–Crippen MR) is 251 cm³/mol. The fourth-order valence-corrected chi connectivity index (χ4v) is 9.45. The van der Waals surface area contributed by atoms with Crippen LogP contribution in [-0.4, -0.2) is 85.4 Å². The number of hydrogen-bond acceptors (Lipinski definition) is 7. The van der Waals surface area contributed by atoms with E-state index in [2.05, 4.69) is 48.1 Å². The van der Waals surface area contributed by atoms with Gasteiger partial charge in [0.15, 0.2) is 0 Å². The van der Waals surface area contributed by atoms with Gasteiger partial charge in [0.2, 0.25) is 11.8 Å². The van der Waals surface area contributed by atoms with Gasteiger partial charge in [-0.2, -0.15) is 5.26 Å². The van der Waals surface area contributed by atoms with Crippen LogP contribution < -0.4 is 9.64 Å². The van der Waals surface area contributed by atoms with Crippen LogP contribution in [0.3, 0.4) is 0 Å². The summed E-state index contributed by atoms with van der Waals surface area (Å²) in [6.45, 7) is 8.73. The van der Waals surface area contributed by atoms with Crippen LogP contribution >= 0.6 is 0 Å². The van der Waals surface area contributed by atoms with Gasteiger partial charge >= 0.3 is 0 Å². The van der Waals surface area contributed by atoms with Crippen LogP contribution in [0.15, 0.2) is 97.2 Å². The summed E-state index contributed by atoms with van der Waals surface area (Å²) in [7, 11) is 5.88. The molecule has 332 valence electrons. The Morgan fingerprint density at radius 1 is 0.846 bits per heavy atom. The van der Waals surface area contributed by atoms with Crippen molar-refractivity contribution in [3.05, 3.63) is 153 Å². The van der Waals surface area contributed by atoms with E-state index in [0.717, 1.165) is 57.9 Å². The zero-order chi connectivity index (χ0) is 45.5. The fourth-order valence-electron chi connectivity index (χ4n) is 9.45. The molecule has 3 aromatic heterocycles. The van der Waals surface area contributed by atoms with Crippen molar-refractivity contribution in [1.82, 2.24) is 28.8 Å². The van der Waals surface area contributed by atoms with E-state index in [4.69, 9.17) is 4.74 Å². The first kappa shape index (κ1) is 43.3. The van der Waals surface area contributed by atoms with Gasteiger partial charge in [-0.1, -0.05) is 48.5 Å². The minimum absolute atomic E-state index is 0.00452. The number of fused-ring (bicyclic) bond motifs is 2. The maximum atomic E-state index is 15.1. The molecule has 1 atom stereocenters. The molecule has 9 rings (SSSR count). The molecule has 1 fully saturated rings. The zero-order valence-electron chi connectivity index (χ0n) is 38.2. The molecule has 12 heteroatoms. The third-order valence-electron chi connectivity index (χ3n) is 13.8. The highest BCUT2D eigenvalue weighted by molar-refractivity contribution is 6.13. The molecule has 0 N–H and O–H groups in total. The Hall–Kier alpha value is -6.97. The predicted octanol–water partition coefficient (Wildman–Crippen LogP) is 8.08. The number of likely N-dealkylation sites (N-methyl/N-ethyl adjacent to an activating group) is 1. The highest BCUT2D eigenvalue weighted by Crippen LogP contribution is 2.38. The number of para-hydroxylation sites is 1. The number of ether oxygens (including phenoxy) is 1. The average Bonchev–Trinajstić information content (AvgIpc) is 4.09. The van der Waals surface area contributed by atoms with Crippen molar-refractivity contribution in [2.75, 3.05) is 31.6 Å². The molecule has 0 bridgehead atoms. The summed E-state index contributed by atoms with van der Waals surface area (Å²) in [6, 6.07) is 32.1. The highest BCUT2D eigenvalue weighted by atomic mass is 16.5. The Morgan fingerprint density at radius 2 is 1.60 bits per heavy atom. The van der Waals surface area contributed by atoms with Gasteiger partial charge in [-0.15, -0.1) is 0 Å². The molecule has 6 aromatic rings. The Labute approximate surface area is 381 Å². The Kier molecular flexibility index (Phi) is 11.9. The number of nitrogens with zero attached hydrogens (tertiary/aromatic N) is 8. The van der Waals surface area contributed by atoms with Crippen molar-refractivity contribution < 1.29 is 19.1 Å². The summed E-state index contributed by atoms with van der Waals surface area (Å²) >= 11 is 0. The number of aromatic nitrogens is 3. The van der Waals surface area contributed by atoms with Gasteiger partial charge in [-0.3, -0.25) is 19.3 Å². The van der Waals surface area contributed by atoms with E-state index < -0.39 is 0 Å². The van der Waals surface area contributed by atoms with E-state index in [-0.39, 0.29) is 30.2 Å². The molecule has 0 saturated heterocycles. The average molecular weight is 869 g/mol. The van der Waals surface area contributed by atoms with Crippen LogP contribution in [-0.2, 0) is 51.2 Å². The van der Waals surface area contributed by atoms with Crippen molar-refractivity contribution in [3.63, 3.8) is 0 Å². The second-order valence-corrected chi connectivity index (χ2v) is 18.0. The topological polar surface area (TPSA) is 120 Å². The first-order valence-electron chi connectivity index (χ1n) is 22.6. The van der Waals surface area contributed by atoms with Crippen molar-refractivity contribution >= 4 is 29.1 Å². The number of carbonyl (C=O) groups is 3. The lowest BCUT2D eigenvalue weighted by Crippen LogP contribution is -2.43. The number of benzene rings is 3. The molecule has 0 spiro atoms. The number of hydrogen-bond donors (Lipinski definition) is 0. The summed E-state index contributed by atoms with van der Waals surface area (Å²) in [5.41, 5.74) is 11.0. The van der Waals surface area contributed by atoms with Crippen molar-refractivity contribution in [1.29, 1.82) is 5.26 Å². The molecule has 3 aromatic carbocycles. The number of nitriles is 1. The molecular weight excluding hydrogens is 813 g/mol. The number of carbonyl (C=O) groups excluding carboxylic acids is 3. The Bertz CT molecular complexity index is 2830. The van der Waals surface area contributed by atoms with Crippen LogP contribution in [0.4, 0.5) is 11.4 Å². The molecule has 1 unspecified atom stereocenters. The van der Waals surface area contributed by atoms with Crippen molar-refractivity contribution in [2.24, 2.45) is 14.1 Å². The van der Waals surface area contributed by atoms with Gasteiger partial charge in [0.25, 0.3) is 11.8 Å². The molecule has 1 saturated carbocycles. The molecular formula is C53H56N8O4. The maximum Gasteiger partial charge on any atom is 0.264 e. The summed E-state index contributed by atoms with van der Waals surface area (Å²) in [6.07, 6.45) is 5.80. The van der Waals surface area contributed by atoms with Gasteiger partial charge in [0.1, 0.15) is 18.4 Å². The smallest absolute Gasteiger partial charge is 0.264 e. The van der Waals surface area contributed by atoms with Crippen LogP contribution in [0.25, 0.3) is 11.3 Å². The zero-order valence-corrected chi connectivity index (χ0v) is 38.2. The molecule has 3 aliphatic rings. The normalized spacial score (nSPS) is 15.6. The second-order valence-electron chi connectivity index (χ2n) is 18.0. The van der Waals surface area contributed by atoms with Crippen molar-refractivity contribution in [3.8, 4) is 23.2 Å². The fraction of sp³-hybridized carbons (Fsp3) is 0.340. The maximum absolute atomic E-state index is 15.1. The minimum Gasteiger partial charge on any atom is -0.476 e. The van der Waals surface area contributed by atoms with E-state index in [0.29, 0.717) is 72.8 Å². The minimum atomic E-state index is -0.246. The lowest BCUT2D eigenvalue weighted by Gasteiger charge is -2.36. The van der Waals surface area contributed by atoms with Crippen LogP contribution in [0.2, 0.25) is 0 Å². The Balaban J connectivity index is 1.03. The number of amides is 3. The van der Waals surface area contributed by atoms with E-state index in [1.807, 2.05) is 109 Å². The SMILES string of the molecule is Cc1c(N(C(=O)c2cc(-c3cc4c(cc3C(=O)N3Cc5ccccc5CC3C)CN(C(=O)Cc3ccc(OCCN(C)C5CC5)nc3)CC4)n(C)c2C)c2ccccc2)cc(C#N)n1C. The summed E-state index contributed by atoms with van der Waals surface area (Å²) in [5.74, 6) is 0.206. The van der Waals surface area contributed by atoms with E-state index in [9.17, 15) is 10.1 Å². The molecule has 0 radical (unpaired) electrons. The first-order chi connectivity index (χ1) is 31.4. The Morgan fingerprint density at radius 3 is 2.31 bits per heavy atom. The molecule has 12 nitrogen and oxygen atoms in total. The molecule has 65 heavy (non-hydrogen) atoms. The van der Waals surface area contributed by atoms with Gasteiger partial charge in [0.05, 0.1) is 17.7 Å². The molecule has 5 heterocycles. The number of anilines is 2. The molecule has 1 aliphatic carbocycles. The van der Waals surface area contributed by atoms with E-state index in [1.165, 1.54) is 18.4 Å². The van der Waals surface area contributed by atoms with Crippen LogP contribution in [0, 0.1) is 25.2 Å². The third-order valence-corrected chi connectivity index (χ3v) is 13.8. The monoisotopic (exact) mass is 868 g/mol. The standard InChI is InChI=1S/C53H56N8O4/c1-34-24-38-12-10-11-13-40(38)33-60(34)52(63)47-27-41-32-59(51(62)25-37-16-19-50(55-31-37)65-23-22-56(4)42-17-18-42)21-20-39(41)26-46(47)49-29-45(35(2)58(49)6)53(64)61(43-14-8-7-9-15-43)48-28-44(30-54)57(5)36(48)3/h7-16,19,26-29,31,34,42H,17-18,20-25,32-33H2,1-6H3. The largest absolute Gasteiger partial charge is 0.476 e. The van der Waals surface area contributed by atoms with Crippen molar-refractivity contribution in [2.45, 2.75) is 78.0 Å². The van der Waals surface area contributed by atoms with Gasteiger partial charge < -0.3 is 28.6 Å². The second kappa shape index (κ2) is 17.9. The third kappa shape index (κ3) is 8.56. The van der Waals surface area contributed by atoms with Crippen LogP contribution in [0.1, 0.15) is 85.4 Å². The van der Waals surface area contributed by atoms with Gasteiger partial charge in [0, 0.05) is 98.5 Å². The van der Waals surface area contributed by atoms with Gasteiger partial charge in [-0.05, 0) is 118 Å². The lowest BCUT2D eigenvalue weighted by atomic mass is 9.89. The molecule has 2 aliphatic heterocycles. The van der Waals surface area contributed by atoms with Gasteiger partial charge in [-0.25, -0.2) is 4.98 Å².